The van der Waals surface area contributed by atoms with E-state index >= 15 is 0 Å². The summed E-state index contributed by atoms with van der Waals surface area (Å²) in [5.74, 6) is -1.62. The van der Waals surface area contributed by atoms with Crippen molar-refractivity contribution in [3.05, 3.63) is 54.1 Å². The molecule has 0 unspecified atom stereocenters. The lowest BCUT2D eigenvalue weighted by Crippen LogP contribution is -2.30. The van der Waals surface area contributed by atoms with Crippen LogP contribution < -0.4 is 14.8 Å². The number of nitrogens with one attached hydrogen (secondary N) is 1. The molecule has 0 saturated carbocycles. The topological polar surface area (TPSA) is 73.9 Å². The second kappa shape index (κ2) is 10.2. The Labute approximate surface area is 161 Å². The van der Waals surface area contributed by atoms with Gasteiger partial charge < -0.3 is 19.5 Å². The lowest BCUT2D eigenvalue weighted by molar-refractivity contribution is -0.153. The van der Waals surface area contributed by atoms with E-state index in [1.165, 1.54) is 6.92 Å². The van der Waals surface area contributed by atoms with E-state index in [0.29, 0.717) is 30.6 Å². The number of anilines is 1. The van der Waals surface area contributed by atoms with Gasteiger partial charge in [-0.05, 0) is 49.7 Å². The second-order valence-electron chi connectivity index (χ2n) is 5.87. The van der Waals surface area contributed by atoms with Crippen LogP contribution in [0.3, 0.4) is 0 Å². The molecule has 0 heterocycles. The maximum atomic E-state index is 13.5. The zero-order valence-corrected chi connectivity index (χ0v) is 15.5. The molecule has 1 N–H and O–H groups in total. The number of benzene rings is 2. The highest BCUT2D eigenvalue weighted by Gasteiger charge is 2.19. The summed E-state index contributed by atoms with van der Waals surface area (Å²) in [6.07, 6.45) is -0.677. The molecule has 0 radical (unpaired) electrons. The Kier molecular flexibility index (Phi) is 7.74. The van der Waals surface area contributed by atoms with Crippen LogP contribution in [0.5, 0.6) is 11.5 Å². The van der Waals surface area contributed by atoms with Gasteiger partial charge in [-0.3, -0.25) is 9.59 Å². The zero-order valence-electron chi connectivity index (χ0n) is 15.5. The Morgan fingerprint density at radius 3 is 2.39 bits per heavy atom. The quantitative estimate of drug-likeness (QED) is 0.519. The predicted octanol–water partition coefficient (Wildman–Crippen LogP) is 3.70. The van der Waals surface area contributed by atoms with Crippen LogP contribution in [0.1, 0.15) is 19.8 Å². The van der Waals surface area contributed by atoms with Crippen LogP contribution in [0.15, 0.2) is 42.5 Å². The Morgan fingerprint density at radius 2 is 1.75 bits per heavy atom. The molecule has 1 atom stereocenters. The number of ether oxygens (including phenoxy) is 3. The van der Waals surface area contributed by atoms with Gasteiger partial charge in [-0.2, -0.15) is 0 Å². The molecule has 8 heteroatoms. The van der Waals surface area contributed by atoms with E-state index in [4.69, 9.17) is 14.2 Å². The summed E-state index contributed by atoms with van der Waals surface area (Å²) >= 11 is 0. The SMILES string of the molecule is COc1ccc(OCCCC(=O)O[C@@H](C)C(=O)Nc2ccc(F)cc2F)cc1. The monoisotopic (exact) mass is 393 g/mol. The van der Waals surface area contributed by atoms with Crippen molar-refractivity contribution in [3.63, 3.8) is 0 Å². The lowest BCUT2D eigenvalue weighted by Gasteiger charge is -2.14. The fourth-order valence-corrected chi connectivity index (χ4v) is 2.21. The third-order valence-corrected chi connectivity index (χ3v) is 3.72. The van der Waals surface area contributed by atoms with Crippen molar-refractivity contribution in [1.82, 2.24) is 0 Å². The van der Waals surface area contributed by atoms with Crippen molar-refractivity contribution >= 4 is 17.6 Å². The van der Waals surface area contributed by atoms with Gasteiger partial charge in [-0.25, -0.2) is 8.78 Å². The van der Waals surface area contributed by atoms with E-state index in [1.54, 1.807) is 31.4 Å². The molecule has 0 aliphatic carbocycles. The van der Waals surface area contributed by atoms with Gasteiger partial charge in [0.25, 0.3) is 5.91 Å². The lowest BCUT2D eigenvalue weighted by atomic mass is 10.2. The predicted molar refractivity (Wildman–Crippen MR) is 98.3 cm³/mol. The Balaban J connectivity index is 1.70. The van der Waals surface area contributed by atoms with Crippen LogP contribution in [-0.2, 0) is 14.3 Å². The number of carbonyl (C=O) groups is 2. The van der Waals surface area contributed by atoms with Gasteiger partial charge in [0.15, 0.2) is 6.10 Å². The molecule has 1 amide bonds. The highest BCUT2D eigenvalue weighted by atomic mass is 19.1. The van der Waals surface area contributed by atoms with Crippen molar-refractivity contribution in [3.8, 4) is 11.5 Å². The van der Waals surface area contributed by atoms with Crippen molar-refractivity contribution in [1.29, 1.82) is 0 Å². The Morgan fingerprint density at radius 1 is 1.07 bits per heavy atom. The summed E-state index contributed by atoms with van der Waals surface area (Å²) in [6.45, 7) is 1.66. The number of halogens is 2. The van der Waals surface area contributed by atoms with Crippen LogP contribution in [0.25, 0.3) is 0 Å². The first-order chi connectivity index (χ1) is 13.4. The third-order valence-electron chi connectivity index (χ3n) is 3.72. The molecule has 0 bridgehead atoms. The summed E-state index contributed by atoms with van der Waals surface area (Å²) in [5.41, 5.74) is -0.192. The first-order valence-corrected chi connectivity index (χ1v) is 8.61. The maximum Gasteiger partial charge on any atom is 0.306 e. The summed E-state index contributed by atoms with van der Waals surface area (Å²) in [4.78, 5) is 23.8. The second-order valence-corrected chi connectivity index (χ2v) is 5.87. The molecule has 28 heavy (non-hydrogen) atoms. The van der Waals surface area contributed by atoms with Gasteiger partial charge in [0.1, 0.15) is 23.1 Å². The van der Waals surface area contributed by atoms with Gasteiger partial charge in [-0.1, -0.05) is 0 Å². The number of amides is 1. The van der Waals surface area contributed by atoms with Gasteiger partial charge >= 0.3 is 5.97 Å². The van der Waals surface area contributed by atoms with E-state index in [9.17, 15) is 18.4 Å². The average Bonchev–Trinajstić information content (AvgIpc) is 2.67. The Hall–Kier alpha value is -3.16. The van der Waals surface area contributed by atoms with Gasteiger partial charge in [0.2, 0.25) is 0 Å². The molecule has 0 saturated heterocycles. The fourth-order valence-electron chi connectivity index (χ4n) is 2.21. The first kappa shape index (κ1) is 21.1. The molecular formula is C20H21F2NO5. The molecule has 6 nitrogen and oxygen atoms in total. The fraction of sp³-hybridized carbons (Fsp3) is 0.300. The number of hydrogen-bond donors (Lipinski definition) is 1. The molecular weight excluding hydrogens is 372 g/mol. The summed E-state index contributed by atoms with van der Waals surface area (Å²) in [7, 11) is 1.57. The minimum Gasteiger partial charge on any atom is -0.497 e. The molecule has 2 aromatic rings. The van der Waals surface area contributed by atoms with Crippen LogP contribution in [0.2, 0.25) is 0 Å². The summed E-state index contributed by atoms with van der Waals surface area (Å²) in [5, 5.41) is 2.25. The van der Waals surface area contributed by atoms with Gasteiger partial charge in [0, 0.05) is 12.5 Å². The van der Waals surface area contributed by atoms with Crippen molar-refractivity contribution in [2.75, 3.05) is 19.0 Å². The van der Waals surface area contributed by atoms with E-state index < -0.39 is 29.6 Å². The van der Waals surface area contributed by atoms with E-state index in [-0.39, 0.29) is 12.1 Å². The minimum absolute atomic E-state index is 0.0543. The van der Waals surface area contributed by atoms with Crippen LogP contribution >= 0.6 is 0 Å². The molecule has 2 aromatic carbocycles. The summed E-state index contributed by atoms with van der Waals surface area (Å²) < 4.78 is 42.0. The first-order valence-electron chi connectivity index (χ1n) is 8.61. The normalized spacial score (nSPS) is 11.4. The smallest absolute Gasteiger partial charge is 0.306 e. The molecule has 0 aromatic heterocycles. The van der Waals surface area contributed by atoms with Crippen LogP contribution in [0, 0.1) is 11.6 Å². The third kappa shape index (κ3) is 6.53. The van der Waals surface area contributed by atoms with Gasteiger partial charge in [-0.15, -0.1) is 0 Å². The maximum absolute atomic E-state index is 13.5. The van der Waals surface area contributed by atoms with Crippen LogP contribution in [0.4, 0.5) is 14.5 Å². The average molecular weight is 393 g/mol. The summed E-state index contributed by atoms with van der Waals surface area (Å²) in [6, 6.07) is 9.76. The van der Waals surface area contributed by atoms with Crippen molar-refractivity contribution in [2.45, 2.75) is 25.9 Å². The Bertz CT molecular complexity index is 811. The minimum atomic E-state index is -1.13. The molecule has 0 aliphatic heterocycles. The molecule has 0 spiro atoms. The number of esters is 1. The number of methoxy groups -OCH3 is 1. The number of carbonyl (C=O) groups excluding carboxylic acids is 2. The largest absolute Gasteiger partial charge is 0.497 e. The molecule has 0 aliphatic rings. The van der Waals surface area contributed by atoms with Crippen molar-refractivity contribution < 1.29 is 32.6 Å². The number of hydrogen-bond acceptors (Lipinski definition) is 5. The van der Waals surface area contributed by atoms with Gasteiger partial charge in [0.05, 0.1) is 19.4 Å². The number of rotatable bonds is 9. The van der Waals surface area contributed by atoms with E-state index in [2.05, 4.69) is 5.32 Å². The molecule has 150 valence electrons. The van der Waals surface area contributed by atoms with E-state index in [1.807, 2.05) is 0 Å². The molecule has 0 fully saturated rings. The highest BCUT2D eigenvalue weighted by Crippen LogP contribution is 2.18. The zero-order chi connectivity index (χ0) is 20.5. The standard InChI is InChI=1S/C20H21F2NO5/c1-13(20(25)23-18-10-5-14(21)12-17(18)22)28-19(24)4-3-11-27-16-8-6-15(26-2)7-9-16/h5-10,12-13H,3-4,11H2,1-2H3,(H,23,25)/t13-/m0/s1. The van der Waals surface area contributed by atoms with Crippen LogP contribution in [-0.4, -0.2) is 31.7 Å². The highest BCUT2D eigenvalue weighted by molar-refractivity contribution is 5.95. The van der Waals surface area contributed by atoms with Crippen molar-refractivity contribution in [2.24, 2.45) is 0 Å². The van der Waals surface area contributed by atoms with E-state index in [0.717, 1.165) is 12.1 Å². The molecule has 2 rings (SSSR count).